The Hall–Kier alpha value is -1.30. The Morgan fingerprint density at radius 1 is 1.26 bits per heavy atom. The van der Waals surface area contributed by atoms with Crippen LogP contribution in [0.25, 0.3) is 0 Å². The summed E-state index contributed by atoms with van der Waals surface area (Å²) < 4.78 is 37.9. The average Bonchev–Trinajstić information content (AvgIpc) is 2.76. The van der Waals surface area contributed by atoms with Crippen LogP contribution in [0.2, 0.25) is 0 Å². The fraction of sp³-hybridized carbons (Fsp3) is 0.615. The van der Waals surface area contributed by atoms with Gasteiger partial charge in [-0.05, 0) is 18.1 Å². The highest BCUT2D eigenvalue weighted by Gasteiger charge is 2.43. The minimum atomic E-state index is -4.09. The number of pyridine rings is 1. The number of hydrogen-bond donors (Lipinski definition) is 1. The first-order valence-corrected chi connectivity index (χ1v) is 6.52. The maximum absolute atomic E-state index is 12.6. The predicted octanol–water partition coefficient (Wildman–Crippen LogP) is 2.16. The summed E-state index contributed by atoms with van der Waals surface area (Å²) in [5.74, 6) is -0.0596. The van der Waals surface area contributed by atoms with Crippen molar-refractivity contribution in [3.8, 4) is 0 Å². The molecule has 1 aromatic heterocycles. The van der Waals surface area contributed by atoms with Crippen LogP contribution in [0.1, 0.15) is 17.9 Å². The molecule has 0 amide bonds. The average molecular weight is 271 g/mol. The van der Waals surface area contributed by atoms with Gasteiger partial charge >= 0.3 is 6.18 Å². The van der Waals surface area contributed by atoms with Crippen molar-refractivity contribution in [2.45, 2.75) is 18.5 Å². The molecule has 19 heavy (non-hydrogen) atoms. The number of nitrogens with one attached hydrogen (secondary N) is 1. The molecule has 1 atom stereocenters. The normalized spacial score (nSPS) is 24.6. The number of alkyl halides is 3. The topological polar surface area (TPSA) is 28.2 Å². The molecule has 104 valence electrons. The van der Waals surface area contributed by atoms with Crippen LogP contribution in [0.15, 0.2) is 18.3 Å². The quantitative estimate of drug-likeness (QED) is 0.893. The van der Waals surface area contributed by atoms with Crippen molar-refractivity contribution in [2.75, 3.05) is 31.1 Å². The second-order valence-corrected chi connectivity index (χ2v) is 5.28. The van der Waals surface area contributed by atoms with Crippen molar-refractivity contribution in [2.24, 2.45) is 5.92 Å². The Morgan fingerprint density at radius 2 is 2.05 bits per heavy atom. The molecule has 3 heterocycles. The third-order valence-electron chi connectivity index (χ3n) is 4.00. The SMILES string of the molecule is FC(F)(F)C1CCN(c2ccc(C3CNC3)cn2)C1. The van der Waals surface area contributed by atoms with E-state index in [0.717, 1.165) is 18.7 Å². The molecule has 0 spiro atoms. The summed E-state index contributed by atoms with van der Waals surface area (Å²) in [6, 6.07) is 3.82. The summed E-state index contributed by atoms with van der Waals surface area (Å²) in [5, 5.41) is 3.19. The van der Waals surface area contributed by atoms with E-state index >= 15 is 0 Å². The molecule has 2 aliphatic rings. The molecule has 6 heteroatoms. The monoisotopic (exact) mass is 271 g/mol. The van der Waals surface area contributed by atoms with Gasteiger partial charge in [0.25, 0.3) is 0 Å². The fourth-order valence-corrected chi connectivity index (χ4v) is 2.59. The number of rotatable bonds is 2. The summed E-state index contributed by atoms with van der Waals surface area (Å²) in [6.45, 7) is 2.38. The first kappa shape index (κ1) is 12.7. The first-order valence-electron chi connectivity index (χ1n) is 6.52. The van der Waals surface area contributed by atoms with Gasteiger partial charge in [0.1, 0.15) is 5.82 Å². The molecule has 3 rings (SSSR count). The van der Waals surface area contributed by atoms with Crippen LogP contribution >= 0.6 is 0 Å². The number of hydrogen-bond acceptors (Lipinski definition) is 3. The molecule has 0 bridgehead atoms. The zero-order chi connectivity index (χ0) is 13.5. The Morgan fingerprint density at radius 3 is 2.53 bits per heavy atom. The van der Waals surface area contributed by atoms with Crippen LogP contribution in [0.5, 0.6) is 0 Å². The third-order valence-corrected chi connectivity index (χ3v) is 4.00. The van der Waals surface area contributed by atoms with Gasteiger partial charge in [0, 0.05) is 38.3 Å². The predicted molar refractivity (Wildman–Crippen MR) is 66.2 cm³/mol. The highest BCUT2D eigenvalue weighted by molar-refractivity contribution is 5.41. The van der Waals surface area contributed by atoms with E-state index < -0.39 is 12.1 Å². The van der Waals surface area contributed by atoms with Crippen LogP contribution in [0, 0.1) is 5.92 Å². The zero-order valence-electron chi connectivity index (χ0n) is 10.5. The van der Waals surface area contributed by atoms with Gasteiger partial charge in [0.05, 0.1) is 5.92 Å². The second-order valence-electron chi connectivity index (χ2n) is 5.28. The maximum Gasteiger partial charge on any atom is 0.393 e. The summed E-state index contributed by atoms with van der Waals surface area (Å²) in [6.07, 6.45) is -2.13. The van der Waals surface area contributed by atoms with E-state index in [4.69, 9.17) is 0 Å². The Balaban J connectivity index is 1.66. The van der Waals surface area contributed by atoms with Gasteiger partial charge in [-0.25, -0.2) is 4.98 Å². The minimum Gasteiger partial charge on any atom is -0.356 e. The third kappa shape index (κ3) is 2.54. The lowest BCUT2D eigenvalue weighted by molar-refractivity contribution is -0.168. The number of halogens is 3. The van der Waals surface area contributed by atoms with Crippen molar-refractivity contribution in [1.82, 2.24) is 10.3 Å². The van der Waals surface area contributed by atoms with Crippen LogP contribution < -0.4 is 10.2 Å². The van der Waals surface area contributed by atoms with Gasteiger partial charge in [-0.1, -0.05) is 6.07 Å². The molecular formula is C13H16F3N3. The molecule has 0 saturated carbocycles. The molecular weight excluding hydrogens is 255 g/mol. The minimum absolute atomic E-state index is 0.0286. The van der Waals surface area contributed by atoms with E-state index in [2.05, 4.69) is 10.3 Å². The van der Waals surface area contributed by atoms with Gasteiger partial charge in [-0.2, -0.15) is 13.2 Å². The summed E-state index contributed by atoms with van der Waals surface area (Å²) in [5.41, 5.74) is 1.16. The molecule has 2 saturated heterocycles. The van der Waals surface area contributed by atoms with E-state index in [0.29, 0.717) is 18.3 Å². The summed E-state index contributed by atoms with van der Waals surface area (Å²) in [4.78, 5) is 6.03. The Bertz CT molecular complexity index is 439. The highest BCUT2D eigenvalue weighted by atomic mass is 19.4. The summed E-state index contributed by atoms with van der Waals surface area (Å²) in [7, 11) is 0. The molecule has 0 aromatic carbocycles. The Kier molecular flexibility index (Phi) is 3.12. The summed E-state index contributed by atoms with van der Waals surface area (Å²) >= 11 is 0. The van der Waals surface area contributed by atoms with E-state index in [1.165, 1.54) is 0 Å². The lowest BCUT2D eigenvalue weighted by atomic mass is 9.95. The van der Waals surface area contributed by atoms with Crippen molar-refractivity contribution >= 4 is 5.82 Å². The largest absolute Gasteiger partial charge is 0.393 e. The molecule has 2 aliphatic heterocycles. The molecule has 0 radical (unpaired) electrons. The molecule has 1 aromatic rings. The van der Waals surface area contributed by atoms with Crippen molar-refractivity contribution < 1.29 is 13.2 Å². The highest BCUT2D eigenvalue weighted by Crippen LogP contribution is 2.35. The number of anilines is 1. The second kappa shape index (κ2) is 4.67. The standard InChI is InChI=1S/C13H16F3N3/c14-13(15,16)11-3-4-19(8-11)12-2-1-9(7-18-12)10-5-17-6-10/h1-2,7,10-11,17H,3-6,8H2. The lowest BCUT2D eigenvalue weighted by Gasteiger charge is -2.27. The molecule has 1 unspecified atom stereocenters. The molecule has 1 N–H and O–H groups in total. The van der Waals surface area contributed by atoms with Crippen LogP contribution in [0.3, 0.4) is 0 Å². The molecule has 3 nitrogen and oxygen atoms in total. The van der Waals surface area contributed by atoms with Gasteiger partial charge in [-0.15, -0.1) is 0 Å². The van der Waals surface area contributed by atoms with E-state index in [9.17, 15) is 13.2 Å². The van der Waals surface area contributed by atoms with Gasteiger partial charge in [0.15, 0.2) is 0 Å². The van der Waals surface area contributed by atoms with Crippen LogP contribution in [-0.2, 0) is 0 Å². The van der Waals surface area contributed by atoms with Crippen molar-refractivity contribution in [3.05, 3.63) is 23.9 Å². The van der Waals surface area contributed by atoms with Crippen molar-refractivity contribution in [1.29, 1.82) is 0 Å². The van der Waals surface area contributed by atoms with Crippen LogP contribution in [-0.4, -0.2) is 37.3 Å². The van der Waals surface area contributed by atoms with E-state index in [-0.39, 0.29) is 13.0 Å². The van der Waals surface area contributed by atoms with E-state index in [1.54, 1.807) is 11.1 Å². The van der Waals surface area contributed by atoms with Crippen molar-refractivity contribution in [3.63, 3.8) is 0 Å². The molecule has 0 aliphatic carbocycles. The number of nitrogens with zero attached hydrogens (tertiary/aromatic N) is 2. The smallest absolute Gasteiger partial charge is 0.356 e. The number of aromatic nitrogens is 1. The van der Waals surface area contributed by atoms with E-state index in [1.807, 2.05) is 12.1 Å². The lowest BCUT2D eigenvalue weighted by Crippen LogP contribution is -2.39. The first-order chi connectivity index (χ1) is 9.04. The van der Waals surface area contributed by atoms with Crippen LogP contribution in [0.4, 0.5) is 19.0 Å². The molecule has 2 fully saturated rings. The van der Waals surface area contributed by atoms with Gasteiger partial charge < -0.3 is 10.2 Å². The Labute approximate surface area is 109 Å². The fourth-order valence-electron chi connectivity index (χ4n) is 2.59. The van der Waals surface area contributed by atoms with Gasteiger partial charge in [-0.3, -0.25) is 0 Å². The zero-order valence-corrected chi connectivity index (χ0v) is 10.5. The maximum atomic E-state index is 12.6. The van der Waals surface area contributed by atoms with Gasteiger partial charge in [0.2, 0.25) is 0 Å².